The van der Waals surface area contributed by atoms with Gasteiger partial charge in [0.2, 0.25) is 5.91 Å². The molecule has 0 bridgehead atoms. The molecule has 0 spiro atoms. The van der Waals surface area contributed by atoms with E-state index in [1.54, 1.807) is 36.4 Å². The molecule has 6 nitrogen and oxygen atoms in total. The molecule has 2 heterocycles. The fraction of sp³-hybridized carbons (Fsp3) is 0.200. The number of fused-ring (bicyclic) bond motifs is 1. The van der Waals surface area contributed by atoms with Gasteiger partial charge in [-0.05, 0) is 48.4 Å². The number of halogens is 1. The lowest BCUT2D eigenvalue weighted by atomic mass is 9.90. The number of methoxy groups -OCH3 is 1. The predicted molar refractivity (Wildman–Crippen MR) is 122 cm³/mol. The molecular formula is C25H21ClN2O4. The summed E-state index contributed by atoms with van der Waals surface area (Å²) < 4.78 is 5.29. The van der Waals surface area contributed by atoms with E-state index in [-0.39, 0.29) is 5.91 Å². The van der Waals surface area contributed by atoms with Gasteiger partial charge in [0.15, 0.2) is 6.10 Å². The number of carbonyl (C=O) groups is 2. The highest BCUT2D eigenvalue weighted by molar-refractivity contribution is 6.36. The van der Waals surface area contributed by atoms with Crippen LogP contribution in [0.2, 0.25) is 5.02 Å². The van der Waals surface area contributed by atoms with E-state index in [1.807, 2.05) is 55.5 Å². The quantitative estimate of drug-likeness (QED) is 0.541. The highest BCUT2D eigenvalue weighted by Gasteiger charge is 2.60. The Morgan fingerprint density at radius 1 is 0.875 bits per heavy atom. The van der Waals surface area contributed by atoms with Crippen LogP contribution in [0.15, 0.2) is 72.8 Å². The van der Waals surface area contributed by atoms with Gasteiger partial charge in [0.1, 0.15) is 11.7 Å². The van der Waals surface area contributed by atoms with E-state index >= 15 is 0 Å². The SMILES string of the molecule is COc1ccc([C@@H]2[C@H]3C(=O)N(c4ccccc4Cl)C(=O)[C@H]3ON2c2ccccc2C)cc1. The normalized spacial score (nSPS) is 22.4. The maximum absolute atomic E-state index is 13.6. The minimum atomic E-state index is -0.939. The number of carbonyl (C=O) groups excluding carboxylic acids is 2. The van der Waals surface area contributed by atoms with Crippen LogP contribution >= 0.6 is 11.6 Å². The number of imide groups is 1. The standard InChI is InChI=1S/C25H21ClN2O4/c1-15-7-3-5-9-19(15)28-22(16-11-13-17(31-2)14-12-16)21-23(32-28)25(30)27(24(21)29)20-10-6-4-8-18(20)26/h3-14,21-23H,1-2H3/t21-,22-,23+/m1/s1. The molecule has 0 unspecified atom stereocenters. The van der Waals surface area contributed by atoms with Gasteiger partial charge < -0.3 is 4.74 Å². The molecule has 0 aliphatic carbocycles. The Hall–Kier alpha value is -3.35. The molecule has 2 amide bonds. The van der Waals surface area contributed by atoms with Gasteiger partial charge in [-0.15, -0.1) is 0 Å². The molecule has 3 aromatic rings. The molecule has 0 aromatic heterocycles. The number of hydrogen-bond donors (Lipinski definition) is 0. The van der Waals surface area contributed by atoms with Gasteiger partial charge in [0.05, 0.1) is 29.5 Å². The van der Waals surface area contributed by atoms with Gasteiger partial charge in [0, 0.05) is 0 Å². The summed E-state index contributed by atoms with van der Waals surface area (Å²) in [4.78, 5) is 34.4. The molecular weight excluding hydrogens is 428 g/mol. The number of para-hydroxylation sites is 2. The van der Waals surface area contributed by atoms with Crippen LogP contribution in [-0.2, 0) is 14.4 Å². The largest absolute Gasteiger partial charge is 0.497 e. The summed E-state index contributed by atoms with van der Waals surface area (Å²) in [5.41, 5.74) is 3.02. The first-order chi connectivity index (χ1) is 15.5. The maximum Gasteiger partial charge on any atom is 0.266 e. The molecule has 0 radical (unpaired) electrons. The van der Waals surface area contributed by atoms with E-state index in [9.17, 15) is 9.59 Å². The number of aryl methyl sites for hydroxylation is 1. The number of hydroxylamine groups is 1. The van der Waals surface area contributed by atoms with Crippen LogP contribution in [-0.4, -0.2) is 25.0 Å². The van der Waals surface area contributed by atoms with Crippen LogP contribution in [0, 0.1) is 12.8 Å². The number of amides is 2. The van der Waals surface area contributed by atoms with Gasteiger partial charge in [-0.25, -0.2) is 9.96 Å². The van der Waals surface area contributed by atoms with Crippen LogP contribution in [0.5, 0.6) is 5.75 Å². The van der Waals surface area contributed by atoms with Crippen molar-refractivity contribution in [1.82, 2.24) is 0 Å². The second-order valence-electron chi connectivity index (χ2n) is 7.85. The Labute approximate surface area is 190 Å². The third-order valence-electron chi connectivity index (χ3n) is 6.02. The molecule has 162 valence electrons. The maximum atomic E-state index is 13.6. The lowest BCUT2D eigenvalue weighted by Gasteiger charge is -2.30. The first kappa shape index (κ1) is 20.5. The van der Waals surface area contributed by atoms with Crippen LogP contribution in [0.25, 0.3) is 0 Å². The third-order valence-corrected chi connectivity index (χ3v) is 6.34. The molecule has 5 rings (SSSR count). The van der Waals surface area contributed by atoms with Crippen molar-refractivity contribution in [2.75, 3.05) is 17.1 Å². The van der Waals surface area contributed by atoms with Crippen LogP contribution < -0.4 is 14.7 Å². The zero-order valence-corrected chi connectivity index (χ0v) is 18.3. The molecule has 32 heavy (non-hydrogen) atoms. The van der Waals surface area contributed by atoms with Crippen molar-refractivity contribution >= 4 is 34.8 Å². The van der Waals surface area contributed by atoms with E-state index in [1.165, 1.54) is 0 Å². The van der Waals surface area contributed by atoms with Crippen LogP contribution in [0.3, 0.4) is 0 Å². The summed E-state index contributed by atoms with van der Waals surface area (Å²) in [7, 11) is 1.60. The number of rotatable bonds is 4. The Kier molecular flexibility index (Phi) is 5.12. The molecule has 0 saturated carbocycles. The Morgan fingerprint density at radius 3 is 2.19 bits per heavy atom. The smallest absolute Gasteiger partial charge is 0.266 e. The van der Waals surface area contributed by atoms with E-state index in [0.29, 0.717) is 16.5 Å². The molecule has 2 fully saturated rings. The molecule has 2 aliphatic heterocycles. The summed E-state index contributed by atoms with van der Waals surface area (Å²) in [6.07, 6.45) is -0.939. The first-order valence-electron chi connectivity index (χ1n) is 10.3. The Morgan fingerprint density at radius 2 is 1.53 bits per heavy atom. The summed E-state index contributed by atoms with van der Waals surface area (Å²) in [5, 5.41) is 2.04. The van der Waals surface area contributed by atoms with Gasteiger partial charge in [0.25, 0.3) is 5.91 Å². The van der Waals surface area contributed by atoms with E-state index in [2.05, 4.69) is 0 Å². The van der Waals surface area contributed by atoms with Gasteiger partial charge in [-0.3, -0.25) is 14.4 Å². The van der Waals surface area contributed by atoms with E-state index in [0.717, 1.165) is 21.7 Å². The lowest BCUT2D eigenvalue weighted by molar-refractivity contribution is -0.126. The van der Waals surface area contributed by atoms with Crippen molar-refractivity contribution < 1.29 is 19.2 Å². The van der Waals surface area contributed by atoms with Crippen molar-refractivity contribution in [3.8, 4) is 5.75 Å². The summed E-state index contributed by atoms with van der Waals surface area (Å²) >= 11 is 6.31. The average molecular weight is 449 g/mol. The summed E-state index contributed by atoms with van der Waals surface area (Å²) in [6.45, 7) is 1.97. The lowest BCUT2D eigenvalue weighted by Crippen LogP contribution is -2.37. The molecule has 0 N–H and O–H groups in total. The number of anilines is 2. The monoisotopic (exact) mass is 448 g/mol. The zero-order chi connectivity index (χ0) is 22.4. The van der Waals surface area contributed by atoms with Gasteiger partial charge in [-0.1, -0.05) is 54.1 Å². The second kappa shape index (κ2) is 7.97. The second-order valence-corrected chi connectivity index (χ2v) is 8.25. The van der Waals surface area contributed by atoms with Crippen molar-refractivity contribution in [1.29, 1.82) is 0 Å². The van der Waals surface area contributed by atoms with Crippen molar-refractivity contribution in [3.63, 3.8) is 0 Å². The molecule has 3 aromatic carbocycles. The molecule has 2 aliphatic rings. The Bertz CT molecular complexity index is 1200. The summed E-state index contributed by atoms with van der Waals surface area (Å²) in [6, 6.07) is 21.6. The van der Waals surface area contributed by atoms with E-state index in [4.69, 9.17) is 21.2 Å². The molecule has 2 saturated heterocycles. The minimum absolute atomic E-state index is 0.329. The fourth-order valence-electron chi connectivity index (χ4n) is 4.44. The van der Waals surface area contributed by atoms with Crippen LogP contribution in [0.4, 0.5) is 11.4 Å². The fourth-order valence-corrected chi connectivity index (χ4v) is 4.66. The third kappa shape index (κ3) is 3.15. The van der Waals surface area contributed by atoms with Crippen LogP contribution in [0.1, 0.15) is 17.2 Å². The van der Waals surface area contributed by atoms with Gasteiger partial charge >= 0.3 is 0 Å². The predicted octanol–water partition coefficient (Wildman–Crippen LogP) is 4.71. The van der Waals surface area contributed by atoms with E-state index < -0.39 is 24.0 Å². The topological polar surface area (TPSA) is 59.1 Å². The van der Waals surface area contributed by atoms with Gasteiger partial charge in [-0.2, -0.15) is 0 Å². The highest BCUT2D eigenvalue weighted by Crippen LogP contribution is 2.48. The molecule has 7 heteroatoms. The Balaban J connectivity index is 1.61. The molecule has 3 atom stereocenters. The number of ether oxygens (including phenoxy) is 1. The minimum Gasteiger partial charge on any atom is -0.497 e. The number of benzene rings is 3. The average Bonchev–Trinajstić information content (AvgIpc) is 3.31. The number of nitrogens with zero attached hydrogens (tertiary/aromatic N) is 2. The van der Waals surface area contributed by atoms with Crippen molar-refractivity contribution in [2.24, 2.45) is 5.92 Å². The first-order valence-corrected chi connectivity index (χ1v) is 10.7. The summed E-state index contributed by atoms with van der Waals surface area (Å²) in [5.74, 6) is -0.752. The zero-order valence-electron chi connectivity index (χ0n) is 17.6. The van der Waals surface area contributed by atoms with Crippen molar-refractivity contribution in [2.45, 2.75) is 19.1 Å². The highest BCUT2D eigenvalue weighted by atomic mass is 35.5. The van der Waals surface area contributed by atoms with Crippen molar-refractivity contribution in [3.05, 3.63) is 88.9 Å². The number of hydrogen-bond acceptors (Lipinski definition) is 5.